The summed E-state index contributed by atoms with van der Waals surface area (Å²) in [5, 5.41) is 2.88. The van der Waals surface area contributed by atoms with Crippen molar-refractivity contribution in [2.45, 2.75) is 51.8 Å². The lowest BCUT2D eigenvalue weighted by Crippen LogP contribution is -2.43. The number of hydrogen-bond acceptors (Lipinski definition) is 4. The van der Waals surface area contributed by atoms with Crippen molar-refractivity contribution >= 4 is 5.91 Å². The summed E-state index contributed by atoms with van der Waals surface area (Å²) in [5.74, 6) is 0.619. The topological polar surface area (TPSA) is 50.8 Å². The number of hydrogen-bond donors (Lipinski definition) is 1. The highest BCUT2D eigenvalue weighted by molar-refractivity contribution is 5.78. The highest BCUT2D eigenvalue weighted by atomic mass is 16.5. The first-order valence-electron chi connectivity index (χ1n) is 8.63. The van der Waals surface area contributed by atoms with Crippen molar-refractivity contribution in [1.29, 1.82) is 0 Å². The number of rotatable bonds is 6. The van der Waals surface area contributed by atoms with E-state index in [-0.39, 0.29) is 18.1 Å². The molecule has 0 radical (unpaired) electrons. The summed E-state index contributed by atoms with van der Waals surface area (Å²) in [6.07, 6.45) is 2.61. The summed E-state index contributed by atoms with van der Waals surface area (Å²) in [5.41, 5.74) is 1.03. The number of benzene rings is 1. The van der Waals surface area contributed by atoms with Gasteiger partial charge in [-0.3, -0.25) is 9.69 Å². The summed E-state index contributed by atoms with van der Waals surface area (Å²) in [6, 6.07) is 8.00. The Hall–Kier alpha value is -1.59. The van der Waals surface area contributed by atoms with E-state index in [1.807, 2.05) is 32.9 Å². The molecule has 134 valence electrons. The van der Waals surface area contributed by atoms with Gasteiger partial charge >= 0.3 is 0 Å². The molecule has 1 N–H and O–H groups in total. The molecule has 1 aromatic carbocycles. The molecule has 0 bridgehead atoms. The smallest absolute Gasteiger partial charge is 0.258 e. The molecule has 0 saturated carbocycles. The van der Waals surface area contributed by atoms with Crippen LogP contribution < -0.4 is 10.1 Å². The average Bonchev–Trinajstić information content (AvgIpc) is 2.53. The molecule has 0 atom stereocenters. The summed E-state index contributed by atoms with van der Waals surface area (Å²) < 4.78 is 11.0. The van der Waals surface area contributed by atoms with Crippen LogP contribution >= 0.6 is 0 Å². The minimum atomic E-state index is -0.236. The Bertz CT molecular complexity index is 514. The molecular weight excluding hydrogens is 304 g/mol. The Kier molecular flexibility index (Phi) is 6.63. The second kappa shape index (κ2) is 8.49. The zero-order chi connectivity index (χ0) is 17.6. The van der Waals surface area contributed by atoms with Crippen LogP contribution in [0.25, 0.3) is 0 Å². The molecule has 0 unspecified atom stereocenters. The minimum absolute atomic E-state index is 0.0428. The zero-order valence-electron chi connectivity index (χ0n) is 15.3. The van der Waals surface area contributed by atoms with Crippen LogP contribution in [-0.4, -0.2) is 49.3 Å². The quantitative estimate of drug-likeness (QED) is 0.869. The summed E-state index contributed by atoms with van der Waals surface area (Å²) in [6.45, 7) is 9.00. The van der Waals surface area contributed by atoms with E-state index < -0.39 is 0 Å². The summed E-state index contributed by atoms with van der Waals surface area (Å²) in [4.78, 5) is 14.2. The second-order valence-corrected chi connectivity index (χ2v) is 7.44. The largest absolute Gasteiger partial charge is 0.484 e. The van der Waals surface area contributed by atoms with Gasteiger partial charge in [0.05, 0.1) is 6.10 Å². The Morgan fingerprint density at radius 3 is 2.38 bits per heavy atom. The van der Waals surface area contributed by atoms with Crippen LogP contribution in [0.5, 0.6) is 5.75 Å². The molecule has 0 aromatic heterocycles. The van der Waals surface area contributed by atoms with E-state index in [9.17, 15) is 4.79 Å². The molecule has 0 spiro atoms. The average molecular weight is 334 g/mol. The summed E-state index contributed by atoms with van der Waals surface area (Å²) in [7, 11) is 1.79. The van der Waals surface area contributed by atoms with Gasteiger partial charge in [-0.15, -0.1) is 0 Å². The van der Waals surface area contributed by atoms with Crippen molar-refractivity contribution in [2.24, 2.45) is 0 Å². The molecule has 5 heteroatoms. The van der Waals surface area contributed by atoms with E-state index in [1.165, 1.54) is 5.56 Å². The van der Waals surface area contributed by atoms with Gasteiger partial charge in [0, 0.05) is 32.3 Å². The predicted molar refractivity (Wildman–Crippen MR) is 95.1 cm³/mol. The van der Waals surface area contributed by atoms with Gasteiger partial charge in [-0.05, 0) is 51.3 Å². The van der Waals surface area contributed by atoms with Gasteiger partial charge in [-0.2, -0.15) is 0 Å². The number of amides is 1. The van der Waals surface area contributed by atoms with Crippen molar-refractivity contribution in [3.8, 4) is 5.75 Å². The number of likely N-dealkylation sites (tertiary alicyclic amines) is 1. The van der Waals surface area contributed by atoms with Crippen molar-refractivity contribution < 1.29 is 14.3 Å². The maximum Gasteiger partial charge on any atom is 0.258 e. The molecule has 1 fully saturated rings. The van der Waals surface area contributed by atoms with Crippen LogP contribution in [0.2, 0.25) is 0 Å². The fraction of sp³-hybridized carbons (Fsp3) is 0.632. The Morgan fingerprint density at radius 1 is 1.21 bits per heavy atom. The van der Waals surface area contributed by atoms with Crippen molar-refractivity contribution in [1.82, 2.24) is 10.2 Å². The van der Waals surface area contributed by atoms with Crippen LogP contribution in [0.1, 0.15) is 39.2 Å². The van der Waals surface area contributed by atoms with E-state index in [1.54, 1.807) is 7.11 Å². The standard InChI is InChI=1S/C19H30N2O3/c1-19(2,3)20-18(22)14-24-17-7-5-15(6-8-17)13-21-11-9-16(23-4)10-12-21/h5-8,16H,9-14H2,1-4H3,(H,20,22). The molecule has 0 aliphatic carbocycles. The first-order valence-corrected chi connectivity index (χ1v) is 8.63. The van der Waals surface area contributed by atoms with Crippen LogP contribution in [-0.2, 0) is 16.1 Å². The third-order valence-electron chi connectivity index (χ3n) is 4.08. The fourth-order valence-corrected chi connectivity index (χ4v) is 2.86. The molecule has 1 saturated heterocycles. The Labute approximate surface area is 145 Å². The highest BCUT2D eigenvalue weighted by Crippen LogP contribution is 2.18. The van der Waals surface area contributed by atoms with Crippen molar-refractivity contribution in [3.63, 3.8) is 0 Å². The first kappa shape index (κ1) is 18.7. The summed E-state index contributed by atoms with van der Waals surface area (Å²) >= 11 is 0. The Morgan fingerprint density at radius 2 is 1.83 bits per heavy atom. The van der Waals surface area contributed by atoms with Crippen molar-refractivity contribution in [3.05, 3.63) is 29.8 Å². The van der Waals surface area contributed by atoms with Gasteiger partial charge in [-0.1, -0.05) is 12.1 Å². The van der Waals surface area contributed by atoms with E-state index in [0.29, 0.717) is 6.10 Å². The predicted octanol–water partition coefficient (Wildman–Crippen LogP) is 2.59. The Balaban J connectivity index is 1.76. The van der Waals surface area contributed by atoms with E-state index in [2.05, 4.69) is 22.3 Å². The number of ether oxygens (including phenoxy) is 2. The maximum absolute atomic E-state index is 11.8. The zero-order valence-corrected chi connectivity index (χ0v) is 15.3. The number of piperidine rings is 1. The number of carbonyl (C=O) groups is 1. The van der Waals surface area contributed by atoms with E-state index >= 15 is 0 Å². The van der Waals surface area contributed by atoms with Crippen LogP contribution in [0.3, 0.4) is 0 Å². The molecule has 1 aliphatic rings. The monoisotopic (exact) mass is 334 g/mol. The molecule has 2 rings (SSSR count). The second-order valence-electron chi connectivity index (χ2n) is 7.44. The SMILES string of the molecule is COC1CCN(Cc2ccc(OCC(=O)NC(C)(C)C)cc2)CC1. The van der Waals surface area contributed by atoms with Gasteiger partial charge in [0.15, 0.2) is 6.61 Å². The lowest BCUT2D eigenvalue weighted by molar-refractivity contribution is -0.124. The van der Waals surface area contributed by atoms with Gasteiger partial charge in [0.1, 0.15) is 5.75 Å². The van der Waals surface area contributed by atoms with Gasteiger partial charge in [0.2, 0.25) is 0 Å². The first-order chi connectivity index (χ1) is 11.4. The third-order valence-corrected chi connectivity index (χ3v) is 4.08. The molecule has 1 aromatic rings. The van der Waals surface area contributed by atoms with E-state index in [4.69, 9.17) is 9.47 Å². The lowest BCUT2D eigenvalue weighted by Gasteiger charge is -2.31. The minimum Gasteiger partial charge on any atom is -0.484 e. The van der Waals surface area contributed by atoms with Gasteiger partial charge in [-0.25, -0.2) is 0 Å². The van der Waals surface area contributed by atoms with Gasteiger partial charge < -0.3 is 14.8 Å². The molecule has 1 heterocycles. The molecular formula is C19H30N2O3. The normalized spacial score (nSPS) is 16.8. The number of carbonyl (C=O) groups excluding carboxylic acids is 1. The number of methoxy groups -OCH3 is 1. The van der Waals surface area contributed by atoms with E-state index in [0.717, 1.165) is 38.2 Å². The van der Waals surface area contributed by atoms with Crippen LogP contribution in [0, 0.1) is 0 Å². The van der Waals surface area contributed by atoms with Crippen molar-refractivity contribution in [2.75, 3.05) is 26.8 Å². The van der Waals surface area contributed by atoms with Gasteiger partial charge in [0.25, 0.3) is 5.91 Å². The fourth-order valence-electron chi connectivity index (χ4n) is 2.86. The van der Waals surface area contributed by atoms with Crippen LogP contribution in [0.15, 0.2) is 24.3 Å². The maximum atomic E-state index is 11.8. The molecule has 5 nitrogen and oxygen atoms in total. The van der Waals surface area contributed by atoms with Crippen LogP contribution in [0.4, 0.5) is 0 Å². The highest BCUT2D eigenvalue weighted by Gasteiger charge is 2.18. The number of nitrogens with one attached hydrogen (secondary N) is 1. The third kappa shape index (κ3) is 6.49. The molecule has 1 aliphatic heterocycles. The molecule has 1 amide bonds. The number of nitrogens with zero attached hydrogens (tertiary/aromatic N) is 1. The lowest BCUT2D eigenvalue weighted by atomic mass is 10.1. The molecule has 24 heavy (non-hydrogen) atoms.